The van der Waals surface area contributed by atoms with Crippen LogP contribution < -0.4 is 11.4 Å². The molecule has 1 fully saturated rings. The number of aromatic nitrogens is 2. The minimum Gasteiger partial charge on any atom is -0.394 e. The molecule has 4 N–H and O–H groups in total. The standard InChI is InChI=1S/C10H14IN3O4/c11-6-2-14(10(17)13-9(6)12)5-1-7(16)8(3-15)18-4-5/h2,5,7-8,15-16H,1,3-4H2,(H2,12,13,17)/t5-,7-,8+/m0/s1. The lowest BCUT2D eigenvalue weighted by atomic mass is 10.0. The maximum atomic E-state index is 11.7. The number of nitrogens with zero attached hydrogens (tertiary/aromatic N) is 2. The Labute approximate surface area is 117 Å². The predicted octanol–water partition coefficient (Wildman–Crippen LogP) is -0.887. The van der Waals surface area contributed by atoms with E-state index in [0.717, 1.165) is 0 Å². The van der Waals surface area contributed by atoms with Crippen molar-refractivity contribution in [3.8, 4) is 0 Å². The zero-order chi connectivity index (χ0) is 13.3. The van der Waals surface area contributed by atoms with Crippen LogP contribution in [-0.2, 0) is 4.74 Å². The first-order valence-corrected chi connectivity index (χ1v) is 6.55. The first-order valence-electron chi connectivity index (χ1n) is 5.47. The summed E-state index contributed by atoms with van der Waals surface area (Å²) in [5, 5.41) is 18.7. The molecule has 1 aromatic rings. The molecule has 0 radical (unpaired) electrons. The summed E-state index contributed by atoms with van der Waals surface area (Å²) in [5.41, 5.74) is 5.08. The second-order valence-corrected chi connectivity index (χ2v) is 5.34. The minimum atomic E-state index is -0.795. The van der Waals surface area contributed by atoms with E-state index in [-0.39, 0.29) is 25.1 Å². The normalized spacial score (nSPS) is 28.3. The number of nitrogen functional groups attached to an aromatic ring is 1. The second kappa shape index (κ2) is 5.51. The van der Waals surface area contributed by atoms with Gasteiger partial charge < -0.3 is 20.7 Å². The highest BCUT2D eigenvalue weighted by Crippen LogP contribution is 2.23. The number of aliphatic hydroxyl groups excluding tert-OH is 2. The summed E-state index contributed by atoms with van der Waals surface area (Å²) in [7, 11) is 0. The summed E-state index contributed by atoms with van der Waals surface area (Å²) in [6, 6.07) is -0.295. The first-order chi connectivity index (χ1) is 8.52. The lowest BCUT2D eigenvalue weighted by Crippen LogP contribution is -2.44. The molecule has 0 aliphatic carbocycles. The van der Waals surface area contributed by atoms with Crippen LogP contribution in [0.15, 0.2) is 11.0 Å². The molecular formula is C10H14IN3O4. The molecule has 0 aromatic carbocycles. The van der Waals surface area contributed by atoms with Crippen molar-refractivity contribution < 1.29 is 14.9 Å². The number of nitrogens with two attached hydrogens (primary N) is 1. The molecule has 100 valence electrons. The van der Waals surface area contributed by atoms with E-state index in [1.807, 2.05) is 22.6 Å². The topological polar surface area (TPSA) is 111 Å². The number of halogens is 1. The van der Waals surface area contributed by atoms with E-state index >= 15 is 0 Å². The molecule has 1 aliphatic rings. The number of aliphatic hydroxyl groups is 2. The fourth-order valence-corrected chi connectivity index (χ4v) is 2.35. The monoisotopic (exact) mass is 367 g/mol. The minimum absolute atomic E-state index is 0.197. The van der Waals surface area contributed by atoms with Crippen LogP contribution >= 0.6 is 22.6 Å². The Kier molecular flexibility index (Phi) is 4.20. The zero-order valence-corrected chi connectivity index (χ0v) is 11.6. The molecule has 2 rings (SSSR count). The third-order valence-electron chi connectivity index (χ3n) is 2.95. The Morgan fingerprint density at radius 1 is 1.67 bits per heavy atom. The van der Waals surface area contributed by atoms with Crippen molar-refractivity contribution in [2.45, 2.75) is 24.7 Å². The fraction of sp³-hybridized carbons (Fsp3) is 0.600. The van der Waals surface area contributed by atoms with Gasteiger partial charge in [-0.15, -0.1) is 0 Å². The summed E-state index contributed by atoms with van der Waals surface area (Å²) in [5.74, 6) is 0.197. The fourth-order valence-electron chi connectivity index (χ4n) is 1.93. The van der Waals surface area contributed by atoms with Gasteiger partial charge in [-0.05, 0) is 29.0 Å². The molecule has 1 aliphatic heterocycles. The van der Waals surface area contributed by atoms with Gasteiger partial charge in [-0.1, -0.05) is 0 Å². The van der Waals surface area contributed by atoms with Gasteiger partial charge in [0.15, 0.2) is 0 Å². The summed E-state index contributed by atoms with van der Waals surface area (Å²) in [6.07, 6.45) is 0.562. The Morgan fingerprint density at radius 3 is 3.00 bits per heavy atom. The summed E-state index contributed by atoms with van der Waals surface area (Å²) in [6.45, 7) is 0.0180. The smallest absolute Gasteiger partial charge is 0.349 e. The predicted molar refractivity (Wildman–Crippen MR) is 72.1 cm³/mol. The van der Waals surface area contributed by atoms with Gasteiger partial charge in [0.2, 0.25) is 0 Å². The van der Waals surface area contributed by atoms with Crippen molar-refractivity contribution in [2.75, 3.05) is 18.9 Å². The molecule has 3 atom stereocenters. The average Bonchev–Trinajstić information content (AvgIpc) is 2.33. The van der Waals surface area contributed by atoms with Gasteiger partial charge in [-0.2, -0.15) is 4.98 Å². The van der Waals surface area contributed by atoms with Crippen LogP contribution in [0.5, 0.6) is 0 Å². The Bertz CT molecular complexity index is 493. The van der Waals surface area contributed by atoms with Gasteiger partial charge in [0.1, 0.15) is 11.9 Å². The number of hydrogen-bond acceptors (Lipinski definition) is 6. The second-order valence-electron chi connectivity index (χ2n) is 4.18. The van der Waals surface area contributed by atoms with Crippen LogP contribution in [0.2, 0.25) is 0 Å². The Hall–Kier alpha value is -0.710. The van der Waals surface area contributed by atoms with E-state index in [4.69, 9.17) is 15.6 Å². The molecule has 2 heterocycles. The third kappa shape index (κ3) is 2.66. The Morgan fingerprint density at radius 2 is 2.39 bits per heavy atom. The molecule has 18 heavy (non-hydrogen) atoms. The van der Waals surface area contributed by atoms with E-state index in [9.17, 15) is 9.90 Å². The highest BCUT2D eigenvalue weighted by atomic mass is 127. The van der Waals surface area contributed by atoms with Crippen LogP contribution in [0.25, 0.3) is 0 Å². The van der Waals surface area contributed by atoms with Crippen LogP contribution in [0, 0.1) is 3.57 Å². The maximum Gasteiger partial charge on any atom is 0.349 e. The molecular weight excluding hydrogens is 353 g/mol. The van der Waals surface area contributed by atoms with Gasteiger partial charge in [0.25, 0.3) is 0 Å². The number of rotatable bonds is 2. The number of ether oxygens (including phenoxy) is 1. The largest absolute Gasteiger partial charge is 0.394 e. The lowest BCUT2D eigenvalue weighted by Gasteiger charge is -2.33. The van der Waals surface area contributed by atoms with Gasteiger partial charge in [0.05, 0.1) is 28.9 Å². The molecule has 0 amide bonds. The van der Waals surface area contributed by atoms with Gasteiger partial charge in [0, 0.05) is 6.20 Å². The highest BCUT2D eigenvalue weighted by Gasteiger charge is 2.31. The van der Waals surface area contributed by atoms with Gasteiger partial charge in [-0.3, -0.25) is 4.57 Å². The molecule has 7 nitrogen and oxygen atoms in total. The van der Waals surface area contributed by atoms with Crippen LogP contribution in [-0.4, -0.2) is 45.2 Å². The molecule has 8 heteroatoms. The van der Waals surface area contributed by atoms with E-state index in [1.165, 1.54) is 4.57 Å². The van der Waals surface area contributed by atoms with Crippen LogP contribution in [0.3, 0.4) is 0 Å². The van der Waals surface area contributed by atoms with Crippen molar-refractivity contribution in [1.29, 1.82) is 0 Å². The number of anilines is 1. The third-order valence-corrected chi connectivity index (χ3v) is 3.78. The van der Waals surface area contributed by atoms with Crippen molar-refractivity contribution in [3.05, 3.63) is 20.3 Å². The SMILES string of the molecule is Nc1nc(=O)n([C@@H]2CO[C@H](CO)[C@@H](O)C2)cc1I. The van der Waals surface area contributed by atoms with E-state index < -0.39 is 17.9 Å². The maximum absolute atomic E-state index is 11.7. The van der Waals surface area contributed by atoms with Crippen LogP contribution in [0.1, 0.15) is 12.5 Å². The average molecular weight is 367 g/mol. The molecule has 0 unspecified atom stereocenters. The van der Waals surface area contributed by atoms with Crippen molar-refractivity contribution in [2.24, 2.45) is 0 Å². The Balaban J connectivity index is 2.23. The summed E-state index contributed by atoms with van der Waals surface area (Å²) in [4.78, 5) is 15.4. The molecule has 0 bridgehead atoms. The van der Waals surface area contributed by atoms with Crippen molar-refractivity contribution in [1.82, 2.24) is 9.55 Å². The quantitative estimate of drug-likeness (QED) is 0.586. The lowest BCUT2D eigenvalue weighted by molar-refractivity contribution is -0.113. The van der Waals surface area contributed by atoms with Gasteiger partial charge >= 0.3 is 5.69 Å². The van der Waals surface area contributed by atoms with E-state index in [0.29, 0.717) is 9.99 Å². The molecule has 1 aromatic heterocycles. The van der Waals surface area contributed by atoms with E-state index in [1.54, 1.807) is 6.20 Å². The molecule has 0 saturated carbocycles. The van der Waals surface area contributed by atoms with Crippen molar-refractivity contribution in [3.63, 3.8) is 0 Å². The summed E-state index contributed by atoms with van der Waals surface area (Å²) < 4.78 is 7.39. The van der Waals surface area contributed by atoms with Gasteiger partial charge in [-0.25, -0.2) is 4.79 Å². The van der Waals surface area contributed by atoms with Crippen molar-refractivity contribution >= 4 is 28.4 Å². The molecule has 0 spiro atoms. The summed E-state index contributed by atoms with van der Waals surface area (Å²) >= 11 is 1.99. The zero-order valence-electron chi connectivity index (χ0n) is 9.49. The number of hydrogen-bond donors (Lipinski definition) is 3. The first kappa shape index (κ1) is 13.7. The van der Waals surface area contributed by atoms with E-state index in [2.05, 4.69) is 4.98 Å². The van der Waals surface area contributed by atoms with Crippen LogP contribution in [0.4, 0.5) is 5.82 Å². The molecule has 1 saturated heterocycles. The highest BCUT2D eigenvalue weighted by molar-refractivity contribution is 14.1.